The molecule has 2 amide bonds. The Balaban J connectivity index is 1.62. The minimum atomic E-state index is -0.205. The third-order valence-electron chi connectivity index (χ3n) is 4.18. The van der Waals surface area contributed by atoms with Crippen LogP contribution in [0.15, 0.2) is 35.1 Å². The first kappa shape index (κ1) is 19.2. The molecule has 1 N–H and O–H groups in total. The van der Waals surface area contributed by atoms with E-state index in [1.807, 2.05) is 0 Å². The van der Waals surface area contributed by atoms with Crippen LogP contribution >= 0.6 is 15.9 Å². The van der Waals surface area contributed by atoms with Gasteiger partial charge in [-0.2, -0.15) is 0 Å². The molecule has 1 aromatic heterocycles. The summed E-state index contributed by atoms with van der Waals surface area (Å²) in [7, 11) is 3.13. The first-order chi connectivity index (χ1) is 13.1. The van der Waals surface area contributed by atoms with Crippen LogP contribution in [-0.2, 0) is 0 Å². The number of nitrogens with one attached hydrogen (secondary N) is 1. The number of amides is 2. The highest BCUT2D eigenvalue weighted by Gasteiger charge is 2.26. The van der Waals surface area contributed by atoms with E-state index in [-0.39, 0.29) is 12.1 Å². The van der Waals surface area contributed by atoms with E-state index in [0.717, 1.165) is 17.3 Å². The Morgan fingerprint density at radius 3 is 2.74 bits per heavy atom. The van der Waals surface area contributed by atoms with Crippen LogP contribution in [0, 0.1) is 0 Å². The van der Waals surface area contributed by atoms with Crippen LogP contribution in [0.3, 0.4) is 0 Å². The lowest BCUT2D eigenvalue weighted by atomic mass is 10.1. The number of nitrogens with zero attached hydrogens (tertiary/aromatic N) is 3. The average molecular weight is 437 g/mol. The second kappa shape index (κ2) is 8.90. The summed E-state index contributed by atoms with van der Waals surface area (Å²) in [6.07, 6.45) is 4.80. The summed E-state index contributed by atoms with van der Waals surface area (Å²) in [6, 6.07) is 5.35. The Labute approximate surface area is 166 Å². The van der Waals surface area contributed by atoms with Gasteiger partial charge in [-0.25, -0.2) is 14.8 Å². The number of ether oxygens (including phenoxy) is 3. The molecule has 1 aliphatic heterocycles. The molecule has 8 nitrogen and oxygen atoms in total. The molecule has 1 aromatic carbocycles. The van der Waals surface area contributed by atoms with E-state index in [1.165, 1.54) is 0 Å². The predicted molar refractivity (Wildman–Crippen MR) is 104 cm³/mol. The lowest BCUT2D eigenvalue weighted by molar-refractivity contribution is 0.0982. The molecule has 0 bridgehead atoms. The van der Waals surface area contributed by atoms with Gasteiger partial charge in [-0.1, -0.05) is 0 Å². The number of benzene rings is 1. The van der Waals surface area contributed by atoms with E-state index in [4.69, 9.17) is 14.2 Å². The largest absolute Gasteiger partial charge is 0.497 e. The molecule has 0 radical (unpaired) electrons. The fourth-order valence-corrected chi connectivity index (χ4v) is 3.03. The molecule has 0 saturated carbocycles. The molecule has 0 spiro atoms. The van der Waals surface area contributed by atoms with Crippen molar-refractivity contribution in [1.29, 1.82) is 0 Å². The summed E-state index contributed by atoms with van der Waals surface area (Å²) in [4.78, 5) is 22.6. The summed E-state index contributed by atoms with van der Waals surface area (Å²) in [5, 5.41) is 2.89. The van der Waals surface area contributed by atoms with Crippen molar-refractivity contribution in [2.75, 3.05) is 32.6 Å². The topological polar surface area (TPSA) is 85.8 Å². The van der Waals surface area contributed by atoms with Crippen molar-refractivity contribution >= 4 is 27.6 Å². The van der Waals surface area contributed by atoms with Crippen molar-refractivity contribution in [2.24, 2.45) is 0 Å². The van der Waals surface area contributed by atoms with Crippen LogP contribution in [0.2, 0.25) is 0 Å². The third-order valence-corrected chi connectivity index (χ3v) is 4.59. The van der Waals surface area contributed by atoms with Gasteiger partial charge >= 0.3 is 12.0 Å². The number of hydrogen-bond acceptors (Lipinski definition) is 6. The molecule has 1 aliphatic rings. The normalized spacial score (nSPS) is 16.6. The molecule has 1 atom stereocenters. The van der Waals surface area contributed by atoms with Gasteiger partial charge < -0.3 is 24.4 Å². The highest BCUT2D eigenvalue weighted by atomic mass is 79.9. The van der Waals surface area contributed by atoms with E-state index >= 15 is 0 Å². The van der Waals surface area contributed by atoms with Crippen molar-refractivity contribution in [1.82, 2.24) is 14.9 Å². The third kappa shape index (κ3) is 5.00. The minimum Gasteiger partial charge on any atom is -0.497 e. The number of aromatic nitrogens is 2. The molecule has 27 heavy (non-hydrogen) atoms. The van der Waals surface area contributed by atoms with E-state index in [2.05, 4.69) is 31.2 Å². The summed E-state index contributed by atoms with van der Waals surface area (Å²) in [6.45, 7) is 1.12. The molecular formula is C18H21BrN4O4. The zero-order chi connectivity index (χ0) is 19.2. The van der Waals surface area contributed by atoms with Crippen molar-refractivity contribution in [3.05, 3.63) is 35.1 Å². The Kier molecular flexibility index (Phi) is 6.33. The lowest BCUT2D eigenvalue weighted by Gasteiger charge is -2.32. The van der Waals surface area contributed by atoms with Gasteiger partial charge in [-0.3, -0.25) is 0 Å². The lowest BCUT2D eigenvalue weighted by Crippen LogP contribution is -2.46. The molecule has 0 aliphatic carbocycles. The monoisotopic (exact) mass is 436 g/mol. The van der Waals surface area contributed by atoms with Gasteiger partial charge in [0.15, 0.2) is 0 Å². The van der Waals surface area contributed by atoms with Crippen LogP contribution in [0.25, 0.3) is 0 Å². The molecular weight excluding hydrogens is 416 g/mol. The second-order valence-electron chi connectivity index (χ2n) is 6.01. The maximum atomic E-state index is 12.7. The number of methoxy groups -OCH3 is 2. The Morgan fingerprint density at radius 1 is 1.26 bits per heavy atom. The number of hydrogen-bond donors (Lipinski definition) is 1. The maximum absolute atomic E-state index is 12.7. The van der Waals surface area contributed by atoms with Crippen molar-refractivity contribution in [3.8, 4) is 17.5 Å². The van der Waals surface area contributed by atoms with Crippen LogP contribution < -0.4 is 19.5 Å². The van der Waals surface area contributed by atoms with Crippen LogP contribution in [0.5, 0.6) is 17.5 Å². The van der Waals surface area contributed by atoms with Crippen molar-refractivity contribution < 1.29 is 19.0 Å². The number of halogens is 1. The molecule has 9 heteroatoms. The standard InChI is InChI=1S/C18H21BrN4O4/c1-25-13-5-6-15(16(8-13)26-2)22-18(24)23-7-3-4-14(11-23)27-17-20-9-12(19)10-21-17/h5-6,8-10,14H,3-4,7,11H2,1-2H3,(H,22,24). The molecule has 144 valence electrons. The van der Waals surface area contributed by atoms with E-state index in [9.17, 15) is 4.79 Å². The molecule has 1 unspecified atom stereocenters. The minimum absolute atomic E-state index is 0.150. The second-order valence-corrected chi connectivity index (χ2v) is 6.92. The molecule has 2 heterocycles. The number of rotatable bonds is 5. The van der Waals surface area contributed by atoms with Crippen molar-refractivity contribution in [2.45, 2.75) is 18.9 Å². The highest BCUT2D eigenvalue weighted by molar-refractivity contribution is 9.10. The first-order valence-corrected chi connectivity index (χ1v) is 9.30. The first-order valence-electron chi connectivity index (χ1n) is 8.51. The summed E-state index contributed by atoms with van der Waals surface area (Å²) >= 11 is 3.29. The smallest absolute Gasteiger partial charge is 0.322 e. The van der Waals surface area contributed by atoms with E-state index in [1.54, 1.807) is 49.7 Å². The summed E-state index contributed by atoms with van der Waals surface area (Å²) < 4.78 is 17.1. The number of piperidine rings is 1. The van der Waals surface area contributed by atoms with Crippen LogP contribution in [-0.4, -0.2) is 54.3 Å². The van der Waals surface area contributed by atoms with Gasteiger partial charge in [-0.15, -0.1) is 0 Å². The Hall–Kier alpha value is -2.55. The zero-order valence-corrected chi connectivity index (χ0v) is 16.7. The molecule has 2 aromatic rings. The number of carbonyl (C=O) groups excluding carboxylic acids is 1. The van der Waals surface area contributed by atoms with Crippen LogP contribution in [0.1, 0.15) is 12.8 Å². The Bertz CT molecular complexity index is 787. The van der Waals surface area contributed by atoms with Crippen molar-refractivity contribution in [3.63, 3.8) is 0 Å². The fourth-order valence-electron chi connectivity index (χ4n) is 2.83. The van der Waals surface area contributed by atoms with Gasteiger partial charge in [0.1, 0.15) is 17.6 Å². The predicted octanol–water partition coefficient (Wildman–Crippen LogP) is 3.33. The highest BCUT2D eigenvalue weighted by Crippen LogP contribution is 2.29. The van der Waals surface area contributed by atoms with E-state index in [0.29, 0.717) is 36.3 Å². The summed E-state index contributed by atoms with van der Waals surface area (Å²) in [5.41, 5.74) is 0.586. The SMILES string of the molecule is COc1ccc(NC(=O)N2CCCC(Oc3ncc(Br)cn3)C2)c(OC)c1. The summed E-state index contributed by atoms with van der Waals surface area (Å²) in [5.74, 6) is 1.20. The van der Waals surface area contributed by atoms with Gasteiger partial charge in [0.05, 0.1) is 30.9 Å². The zero-order valence-electron chi connectivity index (χ0n) is 15.1. The van der Waals surface area contributed by atoms with E-state index < -0.39 is 0 Å². The molecule has 3 rings (SSSR count). The van der Waals surface area contributed by atoms with Crippen LogP contribution in [0.4, 0.5) is 10.5 Å². The average Bonchev–Trinajstić information content (AvgIpc) is 2.70. The maximum Gasteiger partial charge on any atom is 0.322 e. The van der Waals surface area contributed by atoms with Gasteiger partial charge in [0, 0.05) is 25.0 Å². The van der Waals surface area contributed by atoms with Gasteiger partial charge in [0.2, 0.25) is 0 Å². The quantitative estimate of drug-likeness (QED) is 0.773. The number of likely N-dealkylation sites (tertiary alicyclic amines) is 1. The fraction of sp³-hybridized carbons (Fsp3) is 0.389. The van der Waals surface area contributed by atoms with Gasteiger partial charge in [-0.05, 0) is 40.9 Å². The number of carbonyl (C=O) groups is 1. The van der Waals surface area contributed by atoms with Gasteiger partial charge in [0.25, 0.3) is 0 Å². The molecule has 1 saturated heterocycles. The molecule has 1 fully saturated rings. The number of urea groups is 1. The number of anilines is 1. The Morgan fingerprint density at radius 2 is 2.04 bits per heavy atom.